The number of unbranched alkanes of at least 4 members (excludes halogenated alkanes) is 4. The third-order valence-corrected chi connectivity index (χ3v) is 3.60. The molecule has 0 fully saturated rings. The first kappa shape index (κ1) is 12.4. The molecular formula is C15H22O2. The monoisotopic (exact) mass is 234 g/mol. The average molecular weight is 234 g/mol. The highest BCUT2D eigenvalue weighted by molar-refractivity contribution is 5.94. The van der Waals surface area contributed by atoms with E-state index in [1.165, 1.54) is 37.7 Å². The Balaban J connectivity index is 1.91. The smallest absolute Gasteiger partial charge is 0.339 e. The molecule has 0 aromatic rings. The van der Waals surface area contributed by atoms with Crippen molar-refractivity contribution < 1.29 is 9.53 Å². The number of ether oxygens (including phenoxy) is 1. The van der Waals surface area contributed by atoms with Gasteiger partial charge in [-0.3, -0.25) is 0 Å². The maximum absolute atomic E-state index is 11.6. The predicted octanol–water partition coefficient (Wildman–Crippen LogP) is 4.27. The topological polar surface area (TPSA) is 26.3 Å². The fraction of sp³-hybridized carbons (Fsp3) is 0.667. The summed E-state index contributed by atoms with van der Waals surface area (Å²) in [6, 6.07) is 0. The average Bonchev–Trinajstić information content (AvgIpc) is 2.67. The standard InChI is InChI=1S/C15H22O2/c1-2-3-4-5-6-11-14-12-9-7-8-10-13(12)15(16)17-14/h11H,2-10H2,1H3/b14-11-. The molecule has 1 heterocycles. The largest absolute Gasteiger partial charge is 0.423 e. The SMILES string of the molecule is CCCCCC/C=C1\OC(=O)C2=C1CCCC2. The van der Waals surface area contributed by atoms with E-state index in [1.807, 2.05) is 0 Å². The van der Waals surface area contributed by atoms with Crippen molar-refractivity contribution in [1.29, 1.82) is 0 Å². The first-order valence-corrected chi connectivity index (χ1v) is 6.97. The molecule has 1 aliphatic carbocycles. The zero-order chi connectivity index (χ0) is 12.1. The lowest BCUT2D eigenvalue weighted by Crippen LogP contribution is -2.01. The van der Waals surface area contributed by atoms with Gasteiger partial charge >= 0.3 is 5.97 Å². The molecule has 0 saturated heterocycles. The minimum Gasteiger partial charge on any atom is -0.423 e. The highest BCUT2D eigenvalue weighted by Gasteiger charge is 2.30. The van der Waals surface area contributed by atoms with Gasteiger partial charge in [-0.1, -0.05) is 26.2 Å². The Kier molecular flexibility index (Phi) is 4.41. The van der Waals surface area contributed by atoms with Crippen molar-refractivity contribution >= 4 is 5.97 Å². The van der Waals surface area contributed by atoms with E-state index in [2.05, 4.69) is 13.0 Å². The summed E-state index contributed by atoms with van der Waals surface area (Å²) in [5.41, 5.74) is 2.16. The quantitative estimate of drug-likeness (QED) is 0.524. The van der Waals surface area contributed by atoms with Crippen LogP contribution in [0.25, 0.3) is 0 Å². The second kappa shape index (κ2) is 6.04. The maximum atomic E-state index is 11.6. The summed E-state index contributed by atoms with van der Waals surface area (Å²) in [6.07, 6.45) is 12.5. The number of allylic oxidation sites excluding steroid dienone is 2. The third-order valence-electron chi connectivity index (χ3n) is 3.60. The van der Waals surface area contributed by atoms with Gasteiger partial charge in [0.05, 0.1) is 0 Å². The van der Waals surface area contributed by atoms with Crippen LogP contribution in [0.3, 0.4) is 0 Å². The highest BCUT2D eigenvalue weighted by atomic mass is 16.5. The zero-order valence-electron chi connectivity index (χ0n) is 10.8. The van der Waals surface area contributed by atoms with E-state index in [0.717, 1.165) is 37.0 Å². The number of rotatable bonds is 5. The van der Waals surface area contributed by atoms with Gasteiger partial charge in [-0.05, 0) is 44.6 Å². The minimum atomic E-state index is -0.0838. The van der Waals surface area contributed by atoms with Crippen LogP contribution in [-0.4, -0.2) is 5.97 Å². The summed E-state index contributed by atoms with van der Waals surface area (Å²) in [7, 11) is 0. The van der Waals surface area contributed by atoms with E-state index in [1.54, 1.807) is 0 Å². The Labute approximate surface area is 104 Å². The molecule has 0 amide bonds. The summed E-state index contributed by atoms with van der Waals surface area (Å²) in [6.45, 7) is 2.22. The summed E-state index contributed by atoms with van der Waals surface area (Å²) >= 11 is 0. The Morgan fingerprint density at radius 3 is 2.65 bits per heavy atom. The lowest BCUT2D eigenvalue weighted by Gasteiger charge is -2.10. The van der Waals surface area contributed by atoms with Gasteiger partial charge in [-0.2, -0.15) is 0 Å². The Morgan fingerprint density at radius 1 is 1.12 bits per heavy atom. The van der Waals surface area contributed by atoms with Crippen molar-refractivity contribution in [2.75, 3.05) is 0 Å². The van der Waals surface area contributed by atoms with Crippen molar-refractivity contribution in [2.24, 2.45) is 0 Å². The van der Waals surface area contributed by atoms with Crippen molar-refractivity contribution in [3.8, 4) is 0 Å². The lowest BCUT2D eigenvalue weighted by atomic mass is 9.92. The molecule has 2 aliphatic rings. The molecule has 0 aromatic carbocycles. The van der Waals surface area contributed by atoms with Crippen LogP contribution < -0.4 is 0 Å². The molecule has 0 bridgehead atoms. The van der Waals surface area contributed by atoms with Crippen LogP contribution in [0.1, 0.15) is 64.7 Å². The number of esters is 1. The van der Waals surface area contributed by atoms with E-state index >= 15 is 0 Å². The van der Waals surface area contributed by atoms with E-state index in [9.17, 15) is 4.79 Å². The normalized spacial score (nSPS) is 21.9. The lowest BCUT2D eigenvalue weighted by molar-refractivity contribution is -0.133. The molecule has 0 radical (unpaired) electrons. The highest BCUT2D eigenvalue weighted by Crippen LogP contribution is 2.37. The number of hydrogen-bond donors (Lipinski definition) is 0. The number of carbonyl (C=O) groups excluding carboxylic acids is 1. The first-order valence-electron chi connectivity index (χ1n) is 6.97. The summed E-state index contributed by atoms with van der Waals surface area (Å²) in [5, 5.41) is 0. The fourth-order valence-corrected chi connectivity index (χ4v) is 2.59. The molecule has 0 N–H and O–H groups in total. The molecule has 0 aromatic heterocycles. The molecule has 1 aliphatic heterocycles. The second-order valence-corrected chi connectivity index (χ2v) is 4.97. The predicted molar refractivity (Wildman–Crippen MR) is 68.4 cm³/mol. The van der Waals surface area contributed by atoms with E-state index in [0.29, 0.717) is 0 Å². The molecule has 94 valence electrons. The molecule has 2 nitrogen and oxygen atoms in total. The first-order chi connectivity index (χ1) is 8.33. The van der Waals surface area contributed by atoms with Gasteiger partial charge in [0.15, 0.2) is 0 Å². The van der Waals surface area contributed by atoms with Crippen LogP contribution in [0.15, 0.2) is 23.0 Å². The summed E-state index contributed by atoms with van der Waals surface area (Å²) in [5.74, 6) is 0.792. The van der Waals surface area contributed by atoms with Gasteiger partial charge in [0.25, 0.3) is 0 Å². The van der Waals surface area contributed by atoms with E-state index < -0.39 is 0 Å². The zero-order valence-corrected chi connectivity index (χ0v) is 10.8. The molecule has 0 atom stereocenters. The molecule has 2 rings (SSSR count). The van der Waals surface area contributed by atoms with Crippen molar-refractivity contribution in [3.05, 3.63) is 23.0 Å². The van der Waals surface area contributed by atoms with Crippen LogP contribution in [0.2, 0.25) is 0 Å². The van der Waals surface area contributed by atoms with Crippen LogP contribution in [0.4, 0.5) is 0 Å². The van der Waals surface area contributed by atoms with Gasteiger partial charge in [0, 0.05) is 11.1 Å². The molecule has 0 unspecified atom stereocenters. The van der Waals surface area contributed by atoms with Crippen LogP contribution >= 0.6 is 0 Å². The van der Waals surface area contributed by atoms with Crippen molar-refractivity contribution in [2.45, 2.75) is 64.7 Å². The van der Waals surface area contributed by atoms with Crippen LogP contribution in [0.5, 0.6) is 0 Å². The van der Waals surface area contributed by atoms with E-state index in [-0.39, 0.29) is 5.97 Å². The van der Waals surface area contributed by atoms with Crippen molar-refractivity contribution in [3.63, 3.8) is 0 Å². The van der Waals surface area contributed by atoms with Gasteiger partial charge in [-0.15, -0.1) is 0 Å². The van der Waals surface area contributed by atoms with Crippen LogP contribution in [-0.2, 0) is 9.53 Å². The van der Waals surface area contributed by atoms with Gasteiger partial charge in [0.2, 0.25) is 0 Å². The maximum Gasteiger partial charge on any atom is 0.339 e. The number of carbonyl (C=O) groups is 1. The summed E-state index contributed by atoms with van der Waals surface area (Å²) < 4.78 is 5.36. The Bertz CT molecular complexity index is 350. The number of cyclic esters (lactones) is 1. The molecule has 2 heteroatoms. The fourth-order valence-electron chi connectivity index (χ4n) is 2.59. The Hall–Kier alpha value is -1.05. The molecule has 0 spiro atoms. The third kappa shape index (κ3) is 2.99. The van der Waals surface area contributed by atoms with Gasteiger partial charge < -0.3 is 4.74 Å². The Morgan fingerprint density at radius 2 is 1.88 bits per heavy atom. The van der Waals surface area contributed by atoms with Gasteiger partial charge in [0.1, 0.15) is 5.76 Å². The molecule has 0 saturated carbocycles. The number of hydrogen-bond acceptors (Lipinski definition) is 2. The summed E-state index contributed by atoms with van der Waals surface area (Å²) in [4.78, 5) is 11.6. The van der Waals surface area contributed by atoms with Crippen molar-refractivity contribution in [1.82, 2.24) is 0 Å². The van der Waals surface area contributed by atoms with E-state index in [4.69, 9.17) is 4.74 Å². The molecule has 17 heavy (non-hydrogen) atoms. The second-order valence-electron chi connectivity index (χ2n) is 4.97. The molecular weight excluding hydrogens is 212 g/mol. The van der Waals surface area contributed by atoms with Gasteiger partial charge in [-0.25, -0.2) is 4.79 Å². The van der Waals surface area contributed by atoms with Crippen LogP contribution in [0, 0.1) is 0 Å². The minimum absolute atomic E-state index is 0.0838.